The SMILES string of the molecule is Cc1nsc(-c2nc(N3CCCC3=O)c3n2CCN(Cc2ccncc2)[C@@H]3C)n1.Cl. The molecule has 10 heteroatoms. The molecule has 0 aromatic carbocycles. The first-order valence-electron chi connectivity index (χ1n) is 9.96. The molecule has 8 nitrogen and oxygen atoms in total. The van der Waals surface area contributed by atoms with Crippen LogP contribution in [0.4, 0.5) is 5.82 Å². The number of hydrogen-bond acceptors (Lipinski definition) is 7. The maximum absolute atomic E-state index is 12.5. The van der Waals surface area contributed by atoms with Crippen LogP contribution in [-0.4, -0.2) is 47.8 Å². The van der Waals surface area contributed by atoms with Crippen molar-refractivity contribution in [2.45, 2.75) is 45.8 Å². The fourth-order valence-electron chi connectivity index (χ4n) is 4.25. The summed E-state index contributed by atoms with van der Waals surface area (Å²) in [5, 5.41) is 0.816. The van der Waals surface area contributed by atoms with Crippen LogP contribution in [0, 0.1) is 6.92 Å². The van der Waals surface area contributed by atoms with Crippen molar-refractivity contribution in [1.82, 2.24) is 28.8 Å². The summed E-state index contributed by atoms with van der Waals surface area (Å²) in [6.07, 6.45) is 5.14. The largest absolute Gasteiger partial charge is 0.321 e. The second kappa shape index (κ2) is 8.41. The number of carbonyl (C=O) groups excluding carboxylic acids is 1. The molecule has 0 unspecified atom stereocenters. The summed E-state index contributed by atoms with van der Waals surface area (Å²) >= 11 is 1.37. The van der Waals surface area contributed by atoms with E-state index in [1.807, 2.05) is 24.2 Å². The van der Waals surface area contributed by atoms with Gasteiger partial charge in [0, 0.05) is 45.0 Å². The Kier molecular flexibility index (Phi) is 5.86. The zero-order valence-corrected chi connectivity index (χ0v) is 18.6. The average Bonchev–Trinajstić information content (AvgIpc) is 3.43. The first-order valence-corrected chi connectivity index (χ1v) is 10.7. The molecular weight excluding hydrogens is 422 g/mol. The van der Waals surface area contributed by atoms with Crippen molar-refractivity contribution in [2.24, 2.45) is 0 Å². The van der Waals surface area contributed by atoms with Crippen LogP contribution in [0.15, 0.2) is 24.5 Å². The van der Waals surface area contributed by atoms with Gasteiger partial charge in [-0.05, 0) is 49.5 Å². The molecule has 5 rings (SSSR count). The number of anilines is 1. The fraction of sp³-hybridized carbons (Fsp3) is 0.450. The Morgan fingerprint density at radius 1 is 1.17 bits per heavy atom. The lowest BCUT2D eigenvalue weighted by atomic mass is 10.1. The van der Waals surface area contributed by atoms with Crippen LogP contribution in [-0.2, 0) is 17.9 Å². The monoisotopic (exact) mass is 445 g/mol. The summed E-state index contributed by atoms with van der Waals surface area (Å²) < 4.78 is 6.58. The van der Waals surface area contributed by atoms with Crippen molar-refractivity contribution in [3.05, 3.63) is 41.6 Å². The highest BCUT2D eigenvalue weighted by Gasteiger charge is 2.36. The van der Waals surface area contributed by atoms with Crippen LogP contribution in [0.2, 0.25) is 0 Å². The third-order valence-corrected chi connectivity index (χ3v) is 6.53. The van der Waals surface area contributed by atoms with E-state index in [9.17, 15) is 4.79 Å². The Labute approximate surface area is 185 Å². The number of hydrogen-bond donors (Lipinski definition) is 0. The lowest BCUT2D eigenvalue weighted by Gasteiger charge is -2.36. The smallest absolute Gasteiger partial charge is 0.228 e. The molecule has 158 valence electrons. The number of imidazole rings is 1. The first kappa shape index (κ1) is 20.9. The van der Waals surface area contributed by atoms with Gasteiger partial charge in [-0.2, -0.15) is 4.37 Å². The summed E-state index contributed by atoms with van der Waals surface area (Å²) in [7, 11) is 0. The van der Waals surface area contributed by atoms with E-state index in [1.54, 1.807) is 0 Å². The van der Waals surface area contributed by atoms with Gasteiger partial charge in [-0.25, -0.2) is 9.97 Å². The Balaban J connectivity index is 0.00000218. The van der Waals surface area contributed by atoms with Crippen molar-refractivity contribution < 1.29 is 4.79 Å². The number of nitrogens with zero attached hydrogens (tertiary/aromatic N) is 7. The topological polar surface area (TPSA) is 80.0 Å². The van der Waals surface area contributed by atoms with Crippen LogP contribution < -0.4 is 4.90 Å². The summed E-state index contributed by atoms with van der Waals surface area (Å²) in [5.74, 6) is 2.53. The summed E-state index contributed by atoms with van der Waals surface area (Å²) in [6, 6.07) is 4.24. The van der Waals surface area contributed by atoms with E-state index in [4.69, 9.17) is 4.98 Å². The number of amides is 1. The molecule has 0 spiro atoms. The van der Waals surface area contributed by atoms with E-state index < -0.39 is 0 Å². The fourth-order valence-corrected chi connectivity index (χ4v) is 4.92. The minimum Gasteiger partial charge on any atom is -0.321 e. The lowest BCUT2D eigenvalue weighted by molar-refractivity contribution is -0.117. The van der Waals surface area contributed by atoms with Gasteiger partial charge in [-0.1, -0.05) is 0 Å². The number of halogens is 1. The van der Waals surface area contributed by atoms with Gasteiger partial charge in [0.15, 0.2) is 16.6 Å². The Morgan fingerprint density at radius 3 is 2.63 bits per heavy atom. The molecule has 0 saturated carbocycles. The van der Waals surface area contributed by atoms with Gasteiger partial charge in [0.1, 0.15) is 5.82 Å². The number of aryl methyl sites for hydroxylation is 1. The van der Waals surface area contributed by atoms with Crippen LogP contribution in [0.25, 0.3) is 10.8 Å². The van der Waals surface area contributed by atoms with Crippen LogP contribution >= 0.6 is 23.9 Å². The third-order valence-electron chi connectivity index (χ3n) is 5.72. The van der Waals surface area contributed by atoms with Crippen LogP contribution in [0.3, 0.4) is 0 Å². The molecule has 5 heterocycles. The van der Waals surface area contributed by atoms with Gasteiger partial charge in [-0.3, -0.25) is 19.6 Å². The molecular formula is C20H24ClN7OS. The number of rotatable bonds is 4. The molecule has 3 aromatic rings. The Morgan fingerprint density at radius 2 is 1.97 bits per heavy atom. The highest BCUT2D eigenvalue weighted by Crippen LogP contribution is 2.39. The zero-order chi connectivity index (χ0) is 20.0. The molecule has 2 aliphatic rings. The van der Waals surface area contributed by atoms with E-state index in [2.05, 4.69) is 42.9 Å². The second-order valence-electron chi connectivity index (χ2n) is 7.59. The van der Waals surface area contributed by atoms with Crippen LogP contribution in [0.1, 0.15) is 42.9 Å². The van der Waals surface area contributed by atoms with Gasteiger partial charge in [-0.15, -0.1) is 12.4 Å². The van der Waals surface area contributed by atoms with E-state index >= 15 is 0 Å². The van der Waals surface area contributed by atoms with E-state index in [0.29, 0.717) is 6.42 Å². The summed E-state index contributed by atoms with van der Waals surface area (Å²) in [6.45, 7) is 7.39. The van der Waals surface area contributed by atoms with Gasteiger partial charge >= 0.3 is 0 Å². The van der Waals surface area contributed by atoms with E-state index in [-0.39, 0.29) is 24.4 Å². The van der Waals surface area contributed by atoms with Crippen molar-refractivity contribution in [2.75, 3.05) is 18.0 Å². The minimum absolute atomic E-state index is 0. The lowest BCUT2D eigenvalue weighted by Crippen LogP contribution is -2.37. The standard InChI is InChI=1S/C20H23N7OS.ClH/c1-13-17-18(26-9-3-4-16(26)28)23-19(20-22-14(2)24-29-20)27(17)11-10-25(13)12-15-5-7-21-8-6-15;/h5-8,13H,3-4,9-12H2,1-2H3;1H/t13-;/m1./s1. The van der Waals surface area contributed by atoms with Gasteiger partial charge in [0.05, 0.1) is 11.7 Å². The highest BCUT2D eigenvalue weighted by atomic mass is 35.5. The third kappa shape index (κ3) is 3.61. The van der Waals surface area contributed by atoms with Crippen molar-refractivity contribution in [3.63, 3.8) is 0 Å². The molecule has 1 saturated heterocycles. The van der Waals surface area contributed by atoms with Gasteiger partial charge in [0.25, 0.3) is 0 Å². The van der Waals surface area contributed by atoms with E-state index in [0.717, 1.165) is 60.8 Å². The highest BCUT2D eigenvalue weighted by molar-refractivity contribution is 7.09. The van der Waals surface area contributed by atoms with Gasteiger partial charge in [0.2, 0.25) is 5.91 Å². The molecule has 30 heavy (non-hydrogen) atoms. The molecule has 2 aliphatic heterocycles. The Hall–Kier alpha value is -2.36. The minimum atomic E-state index is 0. The molecule has 0 radical (unpaired) electrons. The molecule has 3 aromatic heterocycles. The predicted octanol–water partition coefficient (Wildman–Crippen LogP) is 3.23. The molecule has 1 amide bonds. The number of pyridine rings is 1. The quantitative estimate of drug-likeness (QED) is 0.613. The number of aromatic nitrogens is 5. The number of carbonyl (C=O) groups is 1. The molecule has 0 N–H and O–H groups in total. The first-order chi connectivity index (χ1) is 14.1. The van der Waals surface area contributed by atoms with Gasteiger partial charge < -0.3 is 4.57 Å². The van der Waals surface area contributed by atoms with Crippen molar-refractivity contribution in [1.29, 1.82) is 0 Å². The molecule has 1 atom stereocenters. The second-order valence-corrected chi connectivity index (χ2v) is 8.35. The maximum Gasteiger partial charge on any atom is 0.228 e. The van der Waals surface area contributed by atoms with E-state index in [1.165, 1.54) is 17.1 Å². The zero-order valence-electron chi connectivity index (χ0n) is 17.0. The summed E-state index contributed by atoms with van der Waals surface area (Å²) in [5.41, 5.74) is 2.34. The number of fused-ring (bicyclic) bond motifs is 1. The Bertz CT molecular complexity index is 1050. The average molecular weight is 446 g/mol. The normalized spacial score (nSPS) is 19.1. The molecule has 0 bridgehead atoms. The molecule has 1 fully saturated rings. The van der Waals surface area contributed by atoms with Crippen molar-refractivity contribution in [3.8, 4) is 10.8 Å². The maximum atomic E-state index is 12.5. The van der Waals surface area contributed by atoms with Crippen LogP contribution in [0.5, 0.6) is 0 Å². The summed E-state index contributed by atoms with van der Waals surface area (Å²) in [4.78, 5) is 30.4. The predicted molar refractivity (Wildman–Crippen MR) is 118 cm³/mol. The molecule has 0 aliphatic carbocycles. The van der Waals surface area contributed by atoms with Crippen molar-refractivity contribution >= 4 is 35.7 Å².